The monoisotopic (exact) mass is 790 g/mol. The topological polar surface area (TPSA) is 36.9 Å². The van der Waals surface area contributed by atoms with Gasteiger partial charge in [0.05, 0.1) is 0 Å². The van der Waals surface area contributed by atoms with E-state index in [9.17, 15) is 0 Å². The van der Waals surface area contributed by atoms with E-state index in [-0.39, 0.29) is 6.79 Å². The predicted octanol–water partition coefficient (Wildman–Crippen LogP) is 9.93. The normalized spacial score (nSPS) is 14.0. The molecule has 0 spiro atoms. The number of fused-ring (bicyclic) bond motifs is 2. The lowest BCUT2D eigenvalue weighted by Crippen LogP contribution is -2.27. The van der Waals surface area contributed by atoms with E-state index < -0.39 is 20.5 Å². The summed E-state index contributed by atoms with van der Waals surface area (Å²) in [6, 6.07) is 35.8. The molecule has 0 saturated heterocycles. The highest BCUT2D eigenvalue weighted by molar-refractivity contribution is 7.80. The van der Waals surface area contributed by atoms with Gasteiger partial charge in [-0.3, -0.25) is 0 Å². The van der Waals surface area contributed by atoms with Crippen LogP contribution in [-0.4, -0.2) is 11.5 Å². The van der Waals surface area contributed by atoms with E-state index in [2.05, 4.69) is 140 Å². The first kappa shape index (κ1) is 36.9. The van der Waals surface area contributed by atoms with Gasteiger partial charge in [0, 0.05) is 11.1 Å². The van der Waals surface area contributed by atoms with Gasteiger partial charge in [-0.1, -0.05) is 117 Å². The van der Waals surface area contributed by atoms with Gasteiger partial charge in [-0.25, -0.2) is 0 Å². The van der Waals surface area contributed by atoms with Gasteiger partial charge in [0.1, 0.15) is 0 Å². The molecule has 0 N–H and O–H groups in total. The maximum atomic E-state index is 6.70. The van der Waals surface area contributed by atoms with Crippen molar-refractivity contribution in [3.8, 4) is 34.1 Å². The molecule has 4 nitrogen and oxygen atoms in total. The van der Waals surface area contributed by atoms with Gasteiger partial charge < -0.3 is 18.9 Å². The third kappa shape index (κ3) is 7.11. The largest absolute Gasteiger partial charge is 0.454 e. The Hall–Kier alpha value is -4.04. The van der Waals surface area contributed by atoms with Gasteiger partial charge in [-0.05, 0) is 151 Å². The molecule has 274 valence electrons. The molecule has 2 aliphatic heterocycles. The quantitative estimate of drug-likeness (QED) is 0.119. The zero-order valence-electron chi connectivity index (χ0n) is 31.7. The van der Waals surface area contributed by atoms with Crippen molar-refractivity contribution >= 4 is 70.9 Å². The maximum Gasteiger partial charge on any atom is 0.419 e. The molecule has 0 fully saturated rings. The summed E-state index contributed by atoms with van der Waals surface area (Å²) in [6.45, 7) is 17.4. The number of halogens is 2. The zero-order chi connectivity index (χ0) is 38.1. The van der Waals surface area contributed by atoms with Crippen LogP contribution < -0.4 is 50.8 Å². The number of alkyl halides is 2. The minimum atomic E-state index is -1.90. The summed E-state index contributed by atoms with van der Waals surface area (Å²) in [5, 5.41) is 7.14. The third-order valence-corrected chi connectivity index (χ3v) is 14.8. The lowest BCUT2D eigenvalue weighted by Gasteiger charge is -2.28. The van der Waals surface area contributed by atoms with E-state index in [1.807, 2.05) is 12.1 Å². The van der Waals surface area contributed by atoms with Gasteiger partial charge in [0.2, 0.25) is 6.79 Å². The Balaban J connectivity index is 1.52. The molecule has 0 aromatic heterocycles. The molecule has 0 bridgehead atoms. The summed E-state index contributed by atoms with van der Waals surface area (Å²) in [4.78, 5) is 0. The first-order valence-corrected chi connectivity index (χ1v) is 21.5. The molecule has 8 heteroatoms. The maximum absolute atomic E-state index is 6.70. The van der Waals surface area contributed by atoms with Gasteiger partial charge in [-0.15, -0.1) is 0 Å². The van der Waals surface area contributed by atoms with Crippen LogP contribution in [0, 0.1) is 55.4 Å². The average molecular weight is 792 g/mol. The second-order valence-corrected chi connectivity index (χ2v) is 20.3. The summed E-state index contributed by atoms with van der Waals surface area (Å²) in [6.07, 6.45) is 0. The smallest absolute Gasteiger partial charge is 0.419 e. The molecule has 54 heavy (non-hydrogen) atoms. The fraction of sp³-hybridized carbons (Fsp3) is 0.217. The van der Waals surface area contributed by atoms with Crippen LogP contribution in [0.5, 0.6) is 23.0 Å². The van der Waals surface area contributed by atoms with Gasteiger partial charge in [0.25, 0.3) is 0 Å². The van der Waals surface area contributed by atoms with Crippen LogP contribution >= 0.6 is 39.0 Å². The summed E-state index contributed by atoms with van der Waals surface area (Å²) in [5.74, 6) is 2.31. The SMILES string of the molecule is Cc1cc(C)cc(P(c2cc(C)cc(C)c2)c2ccc3c(c2-c2c(P(c4cc(C)cc(C)c4)c4cc(C)cc(C)c4)ccc4c2OC(Cl)(Cl)O4)OCO3)c1. The van der Waals surface area contributed by atoms with E-state index in [1.165, 1.54) is 65.7 Å². The minimum Gasteiger partial charge on any atom is -0.454 e. The second kappa shape index (κ2) is 14.2. The number of hydrogen-bond donors (Lipinski definition) is 0. The Morgan fingerprint density at radius 3 is 1.17 bits per heavy atom. The Bertz CT molecular complexity index is 2290. The highest BCUT2D eigenvalue weighted by atomic mass is 35.5. The summed E-state index contributed by atoms with van der Waals surface area (Å²) < 4.78 is 23.3. The van der Waals surface area contributed by atoms with Crippen molar-refractivity contribution in [3.63, 3.8) is 0 Å². The molecule has 0 unspecified atom stereocenters. The van der Waals surface area contributed by atoms with E-state index in [0.29, 0.717) is 23.0 Å². The molecule has 2 aliphatic rings. The van der Waals surface area contributed by atoms with Crippen molar-refractivity contribution < 1.29 is 18.9 Å². The molecule has 8 rings (SSSR count). The number of ether oxygens (including phenoxy) is 4. The van der Waals surface area contributed by atoms with Crippen molar-refractivity contribution in [1.29, 1.82) is 0 Å². The molecule has 6 aromatic rings. The first-order valence-electron chi connectivity index (χ1n) is 18.0. The molecule has 0 atom stereocenters. The number of benzene rings is 6. The average Bonchev–Trinajstić information content (AvgIpc) is 3.66. The molecular weight excluding hydrogens is 749 g/mol. The van der Waals surface area contributed by atoms with Gasteiger partial charge in [0.15, 0.2) is 23.0 Å². The van der Waals surface area contributed by atoms with Crippen LogP contribution in [0.3, 0.4) is 0 Å². The molecule has 0 aliphatic carbocycles. The van der Waals surface area contributed by atoms with E-state index in [1.54, 1.807) is 0 Å². The van der Waals surface area contributed by atoms with Crippen molar-refractivity contribution in [1.82, 2.24) is 0 Å². The van der Waals surface area contributed by atoms with Crippen LogP contribution in [0.15, 0.2) is 97.1 Å². The zero-order valence-corrected chi connectivity index (χ0v) is 35.0. The van der Waals surface area contributed by atoms with Crippen molar-refractivity contribution in [3.05, 3.63) is 142 Å². The van der Waals surface area contributed by atoms with Crippen molar-refractivity contribution in [2.24, 2.45) is 0 Å². The van der Waals surface area contributed by atoms with Gasteiger partial charge in [-0.2, -0.15) is 0 Å². The molecular formula is C46H42Cl2O4P2. The fourth-order valence-corrected chi connectivity index (χ4v) is 14.0. The fourth-order valence-electron chi connectivity index (χ4n) is 7.99. The molecule has 0 saturated carbocycles. The van der Waals surface area contributed by atoms with Crippen LogP contribution in [-0.2, 0) is 0 Å². The van der Waals surface area contributed by atoms with E-state index in [0.717, 1.165) is 21.7 Å². The Morgan fingerprint density at radius 2 is 0.778 bits per heavy atom. The molecule has 0 radical (unpaired) electrons. The Morgan fingerprint density at radius 1 is 0.426 bits per heavy atom. The number of aryl methyl sites for hydroxylation is 8. The van der Waals surface area contributed by atoms with Crippen LogP contribution in [0.2, 0.25) is 0 Å². The number of rotatable bonds is 7. The highest BCUT2D eigenvalue weighted by Crippen LogP contribution is 2.56. The summed E-state index contributed by atoms with van der Waals surface area (Å²) in [7, 11) is -2.31. The lowest BCUT2D eigenvalue weighted by atomic mass is 10.0. The lowest BCUT2D eigenvalue weighted by molar-refractivity contribution is 0.0852. The summed E-state index contributed by atoms with van der Waals surface area (Å²) >= 11 is 13.4. The van der Waals surface area contributed by atoms with E-state index >= 15 is 0 Å². The first-order chi connectivity index (χ1) is 25.7. The predicted molar refractivity (Wildman–Crippen MR) is 229 cm³/mol. The van der Waals surface area contributed by atoms with Crippen LogP contribution in [0.1, 0.15) is 44.5 Å². The molecule has 2 heterocycles. The van der Waals surface area contributed by atoms with Crippen molar-refractivity contribution in [2.45, 2.75) is 60.1 Å². The van der Waals surface area contributed by atoms with E-state index in [4.69, 9.17) is 42.1 Å². The van der Waals surface area contributed by atoms with Crippen molar-refractivity contribution in [2.75, 3.05) is 6.79 Å². The molecule has 0 amide bonds. The van der Waals surface area contributed by atoms with Crippen LogP contribution in [0.4, 0.5) is 0 Å². The van der Waals surface area contributed by atoms with Crippen LogP contribution in [0.25, 0.3) is 11.1 Å². The second-order valence-electron chi connectivity index (χ2n) is 14.7. The van der Waals surface area contributed by atoms with Gasteiger partial charge >= 0.3 is 4.71 Å². The minimum absolute atomic E-state index is 0.108. The number of hydrogen-bond acceptors (Lipinski definition) is 4. The highest BCUT2D eigenvalue weighted by Gasteiger charge is 2.43. The third-order valence-electron chi connectivity index (χ3n) is 9.66. The molecule has 6 aromatic carbocycles. The summed E-state index contributed by atoms with van der Waals surface area (Å²) in [5.41, 5.74) is 11.4. The Labute approximate surface area is 330 Å². The Kier molecular flexibility index (Phi) is 9.73. The standard InChI is InChI=1S/C46H42Cl2O4P2/c1-26-13-27(2)18-34(17-26)53(35-19-28(3)14-29(4)20-35)40-11-9-38-44(50-25-49-38)42(40)43-41(12-10-39-45(43)52-46(47,48)51-39)54(36-21-30(5)15-31(6)22-36)37-23-32(7)16-33(8)24-37/h9-24H,25H2,1-8H3.